The van der Waals surface area contributed by atoms with Crippen molar-refractivity contribution in [2.45, 2.75) is 118 Å². The second-order valence-electron chi connectivity index (χ2n) is 15.9. The fourth-order valence-electron chi connectivity index (χ4n) is 8.15. The zero-order valence-electron chi connectivity index (χ0n) is 28.1. The van der Waals surface area contributed by atoms with Crippen molar-refractivity contribution in [2.24, 2.45) is 27.2 Å². The molecular weight excluding hydrogens is 606 g/mol. The van der Waals surface area contributed by atoms with Gasteiger partial charge in [0.05, 0.1) is 6.10 Å². The van der Waals surface area contributed by atoms with Crippen LogP contribution in [-0.2, 0) is 25.5 Å². The first-order valence-corrected chi connectivity index (χ1v) is 17.1. The number of phosphoric acid groups is 1. The predicted octanol–water partition coefficient (Wildman–Crippen LogP) is 9.43. The maximum atomic E-state index is 14.7. The summed E-state index contributed by atoms with van der Waals surface area (Å²) in [6.07, 6.45) is -1.81. The molecule has 1 saturated carbocycles. The largest absolute Gasteiger partial charge is 0.490 e. The molecule has 45 heavy (non-hydrogen) atoms. The van der Waals surface area contributed by atoms with E-state index in [1.165, 1.54) is 18.2 Å². The van der Waals surface area contributed by atoms with Gasteiger partial charge in [0.1, 0.15) is 23.5 Å². The molecule has 0 aromatic heterocycles. The van der Waals surface area contributed by atoms with Crippen LogP contribution in [0, 0.1) is 22.2 Å². The molecule has 1 fully saturated rings. The molecule has 2 aromatic rings. The lowest BCUT2D eigenvalue weighted by Crippen LogP contribution is -2.67. The molecule has 252 valence electrons. The van der Waals surface area contributed by atoms with Gasteiger partial charge in [0.2, 0.25) is 0 Å². The fraction of sp³-hybridized carbons (Fsp3) is 0.676. The molecule has 11 heteroatoms. The van der Waals surface area contributed by atoms with Crippen molar-refractivity contribution >= 4 is 24.5 Å². The molecule has 0 amide bonds. The van der Waals surface area contributed by atoms with Gasteiger partial charge in [-0.2, -0.15) is 13.2 Å². The minimum absolute atomic E-state index is 0.0325. The van der Waals surface area contributed by atoms with Gasteiger partial charge in [0.15, 0.2) is 11.4 Å². The lowest BCUT2D eigenvalue weighted by Gasteiger charge is -2.59. The van der Waals surface area contributed by atoms with Gasteiger partial charge in [-0.3, -0.25) is 4.52 Å². The molecule has 2 aromatic carbocycles. The number of ether oxygens (including phenoxy) is 2. The van der Waals surface area contributed by atoms with E-state index in [1.807, 2.05) is 0 Å². The van der Waals surface area contributed by atoms with Crippen LogP contribution in [-0.4, -0.2) is 34.0 Å². The highest BCUT2D eigenvalue weighted by molar-refractivity contribution is 7.46. The van der Waals surface area contributed by atoms with Crippen molar-refractivity contribution in [2.75, 3.05) is 6.61 Å². The average molecular weight is 656 g/mol. The Labute approximate surface area is 265 Å². The Bertz CT molecular complexity index is 1470. The van der Waals surface area contributed by atoms with Crippen LogP contribution in [0.4, 0.5) is 13.2 Å². The number of hydrogen-bond acceptors (Lipinski definition) is 5. The Hall–Kier alpha value is -2.13. The van der Waals surface area contributed by atoms with E-state index in [9.17, 15) is 27.5 Å². The van der Waals surface area contributed by atoms with Gasteiger partial charge in [0.25, 0.3) is 0 Å². The minimum atomic E-state index is -5.12. The lowest BCUT2D eigenvalue weighted by molar-refractivity contribution is -0.181. The highest BCUT2D eigenvalue weighted by Gasteiger charge is 2.69. The molecule has 1 aliphatic heterocycles. The number of hydrogen-bond donors (Lipinski definition) is 2. The number of aliphatic imine (C=N–C) groups is 1. The van der Waals surface area contributed by atoms with Crippen molar-refractivity contribution in [1.82, 2.24) is 0 Å². The summed E-state index contributed by atoms with van der Waals surface area (Å²) in [7, 11) is -5.12. The second-order valence-corrected chi connectivity index (χ2v) is 17.0. The van der Waals surface area contributed by atoms with Crippen LogP contribution in [0.1, 0.15) is 106 Å². The van der Waals surface area contributed by atoms with E-state index < -0.39 is 41.5 Å². The number of fused-ring (bicyclic) bond motifs is 1. The number of halogens is 3. The molecule has 1 heterocycles. The Kier molecular flexibility index (Phi) is 9.16. The van der Waals surface area contributed by atoms with Crippen molar-refractivity contribution in [3.63, 3.8) is 0 Å². The van der Waals surface area contributed by atoms with E-state index in [0.717, 1.165) is 12.8 Å². The maximum absolute atomic E-state index is 14.7. The van der Waals surface area contributed by atoms with Crippen LogP contribution in [0.5, 0.6) is 5.75 Å². The van der Waals surface area contributed by atoms with Gasteiger partial charge in [-0.25, -0.2) is 9.56 Å². The number of alkyl halides is 3. The molecular formula is C34H49F3NO6P. The minimum Gasteiger partial charge on any atom is -0.490 e. The third-order valence-electron chi connectivity index (χ3n) is 9.72. The molecule has 7 nitrogen and oxygen atoms in total. The molecule has 0 spiro atoms. The van der Waals surface area contributed by atoms with Gasteiger partial charge < -0.3 is 19.3 Å². The van der Waals surface area contributed by atoms with E-state index in [-0.39, 0.29) is 40.5 Å². The molecule has 2 aliphatic rings. The van der Waals surface area contributed by atoms with E-state index >= 15 is 0 Å². The smallest absolute Gasteiger partial charge is 0.470 e. The van der Waals surface area contributed by atoms with Crippen molar-refractivity contribution in [3.05, 3.63) is 41.5 Å². The van der Waals surface area contributed by atoms with E-state index in [4.69, 9.17) is 19.0 Å². The maximum Gasteiger partial charge on any atom is 0.470 e. The molecule has 1 atom stereocenters. The first kappa shape index (κ1) is 35.7. The lowest BCUT2D eigenvalue weighted by atomic mass is 9.52. The summed E-state index contributed by atoms with van der Waals surface area (Å²) >= 11 is 0. The molecule has 4 rings (SSSR count). The van der Waals surface area contributed by atoms with Crippen LogP contribution in [0.25, 0.3) is 10.8 Å². The second kappa shape index (κ2) is 11.5. The van der Waals surface area contributed by atoms with Crippen molar-refractivity contribution in [3.8, 4) is 5.75 Å². The Morgan fingerprint density at radius 3 is 1.93 bits per heavy atom. The van der Waals surface area contributed by atoms with Crippen LogP contribution in [0.2, 0.25) is 0 Å². The number of phosphoric ester groups is 1. The summed E-state index contributed by atoms with van der Waals surface area (Å²) in [6, 6.07) is 7.52. The highest BCUT2D eigenvalue weighted by atomic mass is 31.2. The van der Waals surface area contributed by atoms with Crippen molar-refractivity contribution < 1.29 is 41.5 Å². The summed E-state index contributed by atoms with van der Waals surface area (Å²) in [4.78, 5) is 25.3. The zero-order valence-corrected chi connectivity index (χ0v) is 29.0. The van der Waals surface area contributed by atoms with Crippen LogP contribution in [0.3, 0.4) is 0 Å². The predicted molar refractivity (Wildman–Crippen MR) is 170 cm³/mol. The van der Waals surface area contributed by atoms with Gasteiger partial charge in [-0.15, -0.1) is 0 Å². The summed E-state index contributed by atoms with van der Waals surface area (Å²) < 4.78 is 74.6. The summed E-state index contributed by atoms with van der Waals surface area (Å²) in [5, 5.41) is 0.255. The van der Waals surface area contributed by atoms with E-state index in [0.29, 0.717) is 24.3 Å². The summed E-state index contributed by atoms with van der Waals surface area (Å²) in [5.41, 5.74) is -5.36. The fourth-order valence-corrected chi connectivity index (χ4v) is 9.21. The topological polar surface area (TPSA) is 97.6 Å². The third-order valence-corrected chi connectivity index (χ3v) is 10.2. The SMILES string of the molecule is CC1=NC(c2ccc3c(C(F)(F)F)c(OC4CCC(C(C)(C)C)CC4)ccc3c2)(C(OP(=O)(O)O)(C(C)(C)C)C(C)(C)C)CO1. The molecule has 1 unspecified atom stereocenters. The van der Waals surface area contributed by atoms with Crippen LogP contribution in [0.15, 0.2) is 35.3 Å². The van der Waals surface area contributed by atoms with Gasteiger partial charge in [0, 0.05) is 6.92 Å². The van der Waals surface area contributed by atoms with Crippen LogP contribution < -0.4 is 4.74 Å². The zero-order chi connectivity index (χ0) is 34.0. The highest BCUT2D eigenvalue weighted by Crippen LogP contribution is 2.65. The number of rotatable bonds is 6. The first-order chi connectivity index (χ1) is 20.3. The summed E-state index contributed by atoms with van der Waals surface area (Å²) in [5.74, 6) is 0.581. The van der Waals surface area contributed by atoms with Gasteiger partial charge in [-0.1, -0.05) is 80.5 Å². The van der Waals surface area contributed by atoms with Crippen molar-refractivity contribution in [1.29, 1.82) is 0 Å². The number of benzene rings is 2. The normalized spacial score (nSPS) is 24.0. The molecule has 0 radical (unpaired) electrons. The Morgan fingerprint density at radius 1 is 0.911 bits per heavy atom. The molecule has 0 bridgehead atoms. The van der Waals surface area contributed by atoms with E-state index in [1.54, 1.807) is 60.6 Å². The molecule has 2 N–H and O–H groups in total. The standard InChI is InChI=1S/C34H49F3NO6P/c1-21-38-32(20-42-21,34(30(5,6)7,31(8,9)10)44-45(39,40)41)24-14-17-26-22(19-24)11-18-27(28(26)33(35,36)37)43-25-15-12-23(13-16-25)29(2,3)4/h11,14,17-19,23,25H,12-13,15-16,20H2,1-10H3,(H2,39,40,41). The summed E-state index contributed by atoms with van der Waals surface area (Å²) in [6.45, 7) is 18.9. The quantitative estimate of drug-likeness (QED) is 0.301. The Morgan fingerprint density at radius 2 is 1.49 bits per heavy atom. The van der Waals surface area contributed by atoms with Gasteiger partial charge in [-0.05, 0) is 76.3 Å². The van der Waals surface area contributed by atoms with E-state index in [2.05, 4.69) is 20.8 Å². The first-order valence-electron chi connectivity index (χ1n) is 15.6. The monoisotopic (exact) mass is 655 g/mol. The molecule has 1 aliphatic carbocycles. The molecule has 0 saturated heterocycles. The average Bonchev–Trinajstić information content (AvgIpc) is 3.26. The Balaban J connectivity index is 1.89. The third kappa shape index (κ3) is 6.67. The van der Waals surface area contributed by atoms with Crippen LogP contribution >= 0.6 is 7.82 Å². The van der Waals surface area contributed by atoms with Gasteiger partial charge >= 0.3 is 14.0 Å². The number of nitrogens with zero attached hydrogens (tertiary/aromatic N) is 1.